The Kier molecular flexibility index (Phi) is 10.9. The van der Waals surface area contributed by atoms with Crippen LogP contribution in [0, 0.1) is 13.8 Å². The van der Waals surface area contributed by atoms with Gasteiger partial charge in [0.25, 0.3) is 0 Å². The average Bonchev–Trinajstić information content (AvgIpc) is 2.81. The van der Waals surface area contributed by atoms with Crippen molar-refractivity contribution in [3.8, 4) is 0 Å². The van der Waals surface area contributed by atoms with Gasteiger partial charge in [-0.3, -0.25) is 14.4 Å². The summed E-state index contributed by atoms with van der Waals surface area (Å²) in [4.78, 5) is 53.1. The molecule has 4 N–H and O–H groups in total. The minimum absolute atomic E-state index is 0.00615. The highest BCUT2D eigenvalue weighted by Crippen LogP contribution is 2.27. The van der Waals surface area contributed by atoms with Crippen molar-refractivity contribution in [2.24, 2.45) is 5.73 Å². The minimum atomic E-state index is -1.08. The lowest BCUT2D eigenvalue weighted by atomic mass is 9.94. The number of benzene rings is 1. The van der Waals surface area contributed by atoms with Gasteiger partial charge in [-0.15, -0.1) is 0 Å². The summed E-state index contributed by atoms with van der Waals surface area (Å²) in [5.74, 6) is -1.32. The van der Waals surface area contributed by atoms with Crippen LogP contribution in [0.25, 0.3) is 0 Å². The Balaban J connectivity index is 2.41. The molecule has 37 heavy (non-hydrogen) atoms. The molecular weight excluding hydrogens is 472 g/mol. The van der Waals surface area contributed by atoms with Crippen LogP contribution in [0.5, 0.6) is 0 Å². The highest BCUT2D eigenvalue weighted by Gasteiger charge is 2.36. The van der Waals surface area contributed by atoms with Gasteiger partial charge in [0.15, 0.2) is 0 Å². The van der Waals surface area contributed by atoms with Gasteiger partial charge in [0, 0.05) is 19.0 Å². The zero-order chi connectivity index (χ0) is 27.8. The Labute approximate surface area is 220 Å². The van der Waals surface area contributed by atoms with E-state index >= 15 is 0 Å². The van der Waals surface area contributed by atoms with Crippen molar-refractivity contribution in [1.82, 2.24) is 15.5 Å². The number of likely N-dealkylation sites (N-methyl/N-ethyl adjacent to an activating group) is 1. The summed E-state index contributed by atoms with van der Waals surface area (Å²) in [6.45, 7) is 11.1. The lowest BCUT2D eigenvalue weighted by Gasteiger charge is -2.35. The molecular formula is C28H44N4O5. The van der Waals surface area contributed by atoms with E-state index in [1.165, 1.54) is 4.90 Å². The van der Waals surface area contributed by atoms with E-state index < -0.39 is 35.6 Å². The molecule has 0 saturated heterocycles. The van der Waals surface area contributed by atoms with E-state index in [-0.39, 0.29) is 31.3 Å². The Morgan fingerprint density at radius 2 is 1.73 bits per heavy atom. The standard InChI is InChI=1S/C28H44N4O5/c1-7-32(26(35)22(15-16-23(29)33)31-27(36)37-28(4,5)6)24(20-14-13-18(2)19(3)17-20)25(34)30-21-11-9-8-10-12-21/h13-14,17,21-22,24H,7-12,15-16H2,1-6H3,(H2,29,33)(H,30,34)(H,31,36). The number of nitrogens with zero attached hydrogens (tertiary/aromatic N) is 1. The molecule has 1 aliphatic carbocycles. The summed E-state index contributed by atoms with van der Waals surface area (Å²) in [7, 11) is 0. The zero-order valence-corrected chi connectivity index (χ0v) is 23.2. The number of primary amides is 1. The second-order valence-electron chi connectivity index (χ2n) is 10.9. The molecule has 0 heterocycles. The average molecular weight is 517 g/mol. The van der Waals surface area contributed by atoms with Gasteiger partial charge in [-0.05, 0) is 77.5 Å². The van der Waals surface area contributed by atoms with Crippen LogP contribution in [0.1, 0.15) is 95.4 Å². The lowest BCUT2D eigenvalue weighted by Crippen LogP contribution is -2.54. The highest BCUT2D eigenvalue weighted by atomic mass is 16.6. The third-order valence-electron chi connectivity index (χ3n) is 6.65. The molecule has 9 nitrogen and oxygen atoms in total. The van der Waals surface area contributed by atoms with Crippen molar-refractivity contribution in [2.75, 3.05) is 6.54 Å². The topological polar surface area (TPSA) is 131 Å². The van der Waals surface area contributed by atoms with Gasteiger partial charge < -0.3 is 26.0 Å². The van der Waals surface area contributed by atoms with E-state index in [4.69, 9.17) is 10.5 Å². The number of amides is 4. The monoisotopic (exact) mass is 516 g/mol. The molecule has 0 radical (unpaired) electrons. The highest BCUT2D eigenvalue weighted by molar-refractivity contribution is 5.92. The fraction of sp³-hybridized carbons (Fsp3) is 0.643. The van der Waals surface area contributed by atoms with E-state index in [2.05, 4.69) is 10.6 Å². The van der Waals surface area contributed by atoms with Gasteiger partial charge >= 0.3 is 6.09 Å². The lowest BCUT2D eigenvalue weighted by molar-refractivity contribution is -0.142. The summed E-state index contributed by atoms with van der Waals surface area (Å²) in [6.07, 6.45) is 4.21. The molecule has 4 amide bonds. The quantitative estimate of drug-likeness (QED) is 0.435. The molecule has 1 aromatic rings. The number of ether oxygens (including phenoxy) is 1. The number of carbonyl (C=O) groups is 4. The van der Waals surface area contributed by atoms with Crippen LogP contribution < -0.4 is 16.4 Å². The second-order valence-corrected chi connectivity index (χ2v) is 10.9. The van der Waals surface area contributed by atoms with Gasteiger partial charge in [0.2, 0.25) is 17.7 Å². The molecule has 1 aliphatic rings. The number of rotatable bonds is 10. The fourth-order valence-corrected chi connectivity index (χ4v) is 4.59. The molecule has 9 heteroatoms. The molecule has 206 valence electrons. The van der Waals surface area contributed by atoms with E-state index in [0.717, 1.165) is 43.2 Å². The Morgan fingerprint density at radius 3 is 2.27 bits per heavy atom. The summed E-state index contributed by atoms with van der Waals surface area (Å²) in [6, 6.07) is 3.82. The minimum Gasteiger partial charge on any atom is -0.444 e. The first kappa shape index (κ1) is 30.1. The number of aryl methyl sites for hydroxylation is 2. The predicted molar refractivity (Wildman–Crippen MR) is 143 cm³/mol. The van der Waals surface area contributed by atoms with Crippen LogP contribution in [0.15, 0.2) is 18.2 Å². The van der Waals surface area contributed by atoms with Crippen molar-refractivity contribution in [1.29, 1.82) is 0 Å². The number of nitrogens with one attached hydrogen (secondary N) is 2. The van der Waals surface area contributed by atoms with Crippen molar-refractivity contribution in [3.63, 3.8) is 0 Å². The van der Waals surface area contributed by atoms with Gasteiger partial charge in [-0.1, -0.05) is 37.5 Å². The number of carbonyl (C=O) groups excluding carboxylic acids is 4. The number of nitrogens with two attached hydrogens (primary N) is 1. The number of alkyl carbamates (subject to hydrolysis) is 1. The summed E-state index contributed by atoms with van der Waals surface area (Å²) >= 11 is 0. The van der Waals surface area contributed by atoms with Gasteiger partial charge in [0.1, 0.15) is 17.7 Å². The largest absolute Gasteiger partial charge is 0.444 e. The second kappa shape index (κ2) is 13.4. The number of hydrogen-bond donors (Lipinski definition) is 3. The maximum Gasteiger partial charge on any atom is 0.408 e. The first-order chi connectivity index (χ1) is 17.3. The molecule has 1 saturated carbocycles. The maximum absolute atomic E-state index is 13.9. The van der Waals surface area contributed by atoms with Gasteiger partial charge in [0.05, 0.1) is 0 Å². The van der Waals surface area contributed by atoms with E-state index in [9.17, 15) is 19.2 Å². The maximum atomic E-state index is 13.9. The Bertz CT molecular complexity index is 966. The van der Waals surface area contributed by atoms with Crippen LogP contribution in [-0.4, -0.2) is 52.9 Å². The Hall–Kier alpha value is -3.10. The van der Waals surface area contributed by atoms with Crippen LogP contribution in [0.3, 0.4) is 0 Å². The van der Waals surface area contributed by atoms with Crippen molar-refractivity contribution >= 4 is 23.8 Å². The molecule has 2 unspecified atom stereocenters. The fourth-order valence-electron chi connectivity index (χ4n) is 4.59. The Morgan fingerprint density at radius 1 is 1.08 bits per heavy atom. The van der Waals surface area contributed by atoms with Crippen LogP contribution in [0.2, 0.25) is 0 Å². The van der Waals surface area contributed by atoms with E-state index in [0.29, 0.717) is 5.56 Å². The third-order valence-corrected chi connectivity index (χ3v) is 6.65. The van der Waals surface area contributed by atoms with E-state index in [1.807, 2.05) is 32.0 Å². The SMILES string of the molecule is CCN(C(=O)C(CCC(N)=O)NC(=O)OC(C)(C)C)C(C(=O)NC1CCCCC1)c1ccc(C)c(C)c1. The molecule has 1 aromatic carbocycles. The molecule has 0 aliphatic heterocycles. The van der Waals surface area contributed by atoms with E-state index in [1.54, 1.807) is 27.7 Å². The first-order valence-corrected chi connectivity index (χ1v) is 13.3. The summed E-state index contributed by atoms with van der Waals surface area (Å²) < 4.78 is 5.34. The number of hydrogen-bond acceptors (Lipinski definition) is 5. The first-order valence-electron chi connectivity index (χ1n) is 13.3. The summed E-state index contributed by atoms with van der Waals surface area (Å²) in [5, 5.41) is 5.76. The van der Waals surface area contributed by atoms with Gasteiger partial charge in [-0.2, -0.15) is 0 Å². The molecule has 0 bridgehead atoms. The van der Waals surface area contributed by atoms with Crippen LogP contribution in [-0.2, 0) is 19.1 Å². The van der Waals surface area contributed by atoms with Crippen molar-refractivity contribution in [2.45, 2.75) is 110 Å². The van der Waals surface area contributed by atoms with Crippen molar-refractivity contribution in [3.05, 3.63) is 34.9 Å². The molecule has 1 fully saturated rings. The van der Waals surface area contributed by atoms with Crippen LogP contribution in [0.4, 0.5) is 4.79 Å². The van der Waals surface area contributed by atoms with Gasteiger partial charge in [-0.25, -0.2) is 4.79 Å². The zero-order valence-electron chi connectivity index (χ0n) is 23.2. The molecule has 2 rings (SSSR count). The third kappa shape index (κ3) is 9.37. The van der Waals surface area contributed by atoms with Crippen molar-refractivity contribution < 1.29 is 23.9 Å². The predicted octanol–water partition coefficient (Wildman–Crippen LogP) is 3.80. The molecule has 0 aromatic heterocycles. The summed E-state index contributed by atoms with van der Waals surface area (Å²) in [5.41, 5.74) is 7.35. The molecule has 2 atom stereocenters. The molecule has 0 spiro atoms. The van der Waals surface area contributed by atoms with Crippen LogP contribution >= 0.6 is 0 Å². The normalized spacial score (nSPS) is 15.8. The smallest absolute Gasteiger partial charge is 0.408 e.